The fourth-order valence-corrected chi connectivity index (χ4v) is 2.52. The van der Waals surface area contributed by atoms with E-state index in [2.05, 4.69) is 27.9 Å². The number of likely N-dealkylation sites (N-methyl/N-ethyl adjacent to an activating group) is 1. The van der Waals surface area contributed by atoms with Gasteiger partial charge in [0.05, 0.1) is 4.47 Å². The molecule has 1 aromatic rings. The average Bonchev–Trinajstić information content (AvgIpc) is 2.71. The highest BCUT2D eigenvalue weighted by atomic mass is 79.9. The van der Waals surface area contributed by atoms with Crippen LogP contribution in [0.4, 0.5) is 0 Å². The van der Waals surface area contributed by atoms with Crippen LogP contribution in [-0.4, -0.2) is 31.3 Å². The van der Waals surface area contributed by atoms with Crippen molar-refractivity contribution < 1.29 is 9.21 Å². The highest BCUT2D eigenvalue weighted by Gasteiger charge is 2.26. The van der Waals surface area contributed by atoms with Gasteiger partial charge < -0.3 is 9.32 Å². The molecule has 2 heterocycles. The maximum absolute atomic E-state index is 10.5. The molecule has 1 aliphatic rings. The Balaban J connectivity index is 2.23. The van der Waals surface area contributed by atoms with E-state index in [1.54, 1.807) is 6.07 Å². The van der Waals surface area contributed by atoms with Gasteiger partial charge >= 0.3 is 0 Å². The molecule has 0 amide bonds. The number of likely N-dealkylation sites (tertiary alicyclic amines) is 1. The largest absolute Gasteiger partial charge is 0.457 e. The van der Waals surface area contributed by atoms with Crippen molar-refractivity contribution in [3.63, 3.8) is 0 Å². The zero-order valence-corrected chi connectivity index (χ0v) is 9.58. The van der Waals surface area contributed by atoms with Crippen molar-refractivity contribution in [2.75, 3.05) is 20.1 Å². The summed E-state index contributed by atoms with van der Waals surface area (Å²) in [6, 6.07) is 1.74. The number of carbonyl (C=O) groups is 1. The number of hydrogen-bond donors (Lipinski definition) is 0. The fourth-order valence-electron chi connectivity index (χ4n) is 1.89. The molecule has 4 heteroatoms. The summed E-state index contributed by atoms with van der Waals surface area (Å²) in [4.78, 5) is 12.8. The highest BCUT2D eigenvalue weighted by molar-refractivity contribution is 9.10. The van der Waals surface area contributed by atoms with Gasteiger partial charge in [-0.2, -0.15) is 0 Å². The maximum atomic E-state index is 10.5. The van der Waals surface area contributed by atoms with Crippen LogP contribution in [0, 0.1) is 0 Å². The van der Waals surface area contributed by atoms with Crippen LogP contribution >= 0.6 is 15.9 Å². The van der Waals surface area contributed by atoms with Crippen LogP contribution in [0.1, 0.15) is 28.7 Å². The van der Waals surface area contributed by atoms with Crippen molar-refractivity contribution in [3.8, 4) is 0 Å². The molecule has 1 unspecified atom stereocenters. The quantitative estimate of drug-likeness (QED) is 0.763. The van der Waals surface area contributed by atoms with Crippen LogP contribution in [-0.2, 0) is 0 Å². The molecule has 1 saturated heterocycles. The summed E-state index contributed by atoms with van der Waals surface area (Å²) >= 11 is 3.42. The molecular formula is C10H12BrNO2. The Morgan fingerprint density at radius 2 is 2.50 bits per heavy atom. The predicted molar refractivity (Wildman–Crippen MR) is 56.7 cm³/mol. The molecule has 1 atom stereocenters. The van der Waals surface area contributed by atoms with Gasteiger partial charge in [-0.05, 0) is 35.9 Å². The van der Waals surface area contributed by atoms with Crippen LogP contribution < -0.4 is 0 Å². The molecule has 1 aromatic heterocycles. The van der Waals surface area contributed by atoms with Gasteiger partial charge in [0.1, 0.15) is 5.76 Å². The number of hydrogen-bond acceptors (Lipinski definition) is 3. The molecule has 14 heavy (non-hydrogen) atoms. The van der Waals surface area contributed by atoms with Crippen molar-refractivity contribution in [3.05, 3.63) is 22.1 Å². The van der Waals surface area contributed by atoms with Crippen molar-refractivity contribution in [2.45, 2.75) is 12.3 Å². The van der Waals surface area contributed by atoms with Crippen molar-refractivity contribution in [1.29, 1.82) is 0 Å². The summed E-state index contributed by atoms with van der Waals surface area (Å²) in [5, 5.41) is 0. The van der Waals surface area contributed by atoms with Crippen molar-refractivity contribution in [2.24, 2.45) is 0 Å². The van der Waals surface area contributed by atoms with E-state index >= 15 is 0 Å². The standard InChI is InChI=1S/C10H12BrNO2/c1-12-3-2-7(5-12)10-9(11)4-8(6-13)14-10/h4,6-7H,2-3,5H2,1H3. The number of halogens is 1. The molecule has 1 aliphatic heterocycles. The molecule has 0 bridgehead atoms. The van der Waals surface area contributed by atoms with Gasteiger partial charge in [0.15, 0.2) is 12.0 Å². The SMILES string of the molecule is CN1CCC(c2oc(C=O)cc2Br)C1. The molecule has 0 spiro atoms. The normalized spacial score (nSPS) is 22.9. The van der Waals surface area contributed by atoms with Crippen LogP contribution in [0.25, 0.3) is 0 Å². The van der Waals surface area contributed by atoms with E-state index < -0.39 is 0 Å². The Hall–Kier alpha value is -0.610. The smallest absolute Gasteiger partial charge is 0.185 e. The van der Waals surface area contributed by atoms with Crippen LogP contribution in [0.2, 0.25) is 0 Å². The number of carbonyl (C=O) groups excluding carboxylic acids is 1. The lowest BCUT2D eigenvalue weighted by atomic mass is 10.1. The van der Waals surface area contributed by atoms with E-state index in [-0.39, 0.29) is 0 Å². The first kappa shape index (κ1) is 9.93. The average molecular weight is 258 g/mol. The fraction of sp³-hybridized carbons (Fsp3) is 0.500. The molecule has 0 aliphatic carbocycles. The van der Waals surface area contributed by atoms with Crippen LogP contribution in [0.3, 0.4) is 0 Å². The number of rotatable bonds is 2. The van der Waals surface area contributed by atoms with E-state index in [0.29, 0.717) is 11.7 Å². The minimum absolute atomic E-state index is 0.404. The molecule has 1 fully saturated rings. The van der Waals surface area contributed by atoms with Crippen molar-refractivity contribution in [1.82, 2.24) is 4.90 Å². The summed E-state index contributed by atoms with van der Waals surface area (Å²) in [7, 11) is 2.09. The molecule has 0 aromatic carbocycles. The minimum atomic E-state index is 0.404. The van der Waals surface area contributed by atoms with Gasteiger partial charge in [0.25, 0.3) is 0 Å². The molecule has 0 saturated carbocycles. The van der Waals surface area contributed by atoms with Crippen LogP contribution in [0.15, 0.2) is 15.0 Å². The van der Waals surface area contributed by atoms with Crippen LogP contribution in [0.5, 0.6) is 0 Å². The molecule has 2 rings (SSSR count). The Morgan fingerprint density at radius 1 is 1.71 bits per heavy atom. The summed E-state index contributed by atoms with van der Waals surface area (Å²) in [5.74, 6) is 1.74. The first-order chi connectivity index (χ1) is 6.70. The maximum Gasteiger partial charge on any atom is 0.185 e. The first-order valence-corrected chi connectivity index (χ1v) is 5.43. The minimum Gasteiger partial charge on any atom is -0.457 e. The van der Waals surface area contributed by atoms with Gasteiger partial charge in [-0.25, -0.2) is 0 Å². The molecule has 76 valence electrons. The first-order valence-electron chi connectivity index (χ1n) is 4.63. The zero-order valence-electron chi connectivity index (χ0n) is 8.00. The summed E-state index contributed by atoms with van der Waals surface area (Å²) in [6.07, 6.45) is 1.84. The molecular weight excluding hydrogens is 246 g/mol. The Kier molecular flexibility index (Phi) is 2.74. The van der Waals surface area contributed by atoms with Gasteiger partial charge in [0, 0.05) is 18.5 Å². The predicted octanol–water partition coefficient (Wildman–Crippen LogP) is 2.27. The van der Waals surface area contributed by atoms with Gasteiger partial charge in [0.2, 0.25) is 0 Å². The second kappa shape index (κ2) is 3.87. The van der Waals surface area contributed by atoms with E-state index in [0.717, 1.165) is 36.0 Å². The third-order valence-corrected chi connectivity index (χ3v) is 3.23. The topological polar surface area (TPSA) is 33.5 Å². The molecule has 0 N–H and O–H groups in total. The summed E-state index contributed by atoms with van der Waals surface area (Å²) in [5.41, 5.74) is 0. The van der Waals surface area contributed by atoms with E-state index in [1.165, 1.54) is 0 Å². The Labute approximate surface area is 91.2 Å². The van der Waals surface area contributed by atoms with Gasteiger partial charge in [-0.1, -0.05) is 0 Å². The lowest BCUT2D eigenvalue weighted by molar-refractivity contribution is 0.109. The van der Waals surface area contributed by atoms with Gasteiger partial charge in [-0.15, -0.1) is 0 Å². The number of furan rings is 1. The lowest BCUT2D eigenvalue weighted by Crippen LogP contribution is -2.13. The van der Waals surface area contributed by atoms with Crippen molar-refractivity contribution >= 4 is 22.2 Å². The second-order valence-electron chi connectivity index (χ2n) is 3.73. The Morgan fingerprint density at radius 3 is 3.00 bits per heavy atom. The number of nitrogens with zero attached hydrogens (tertiary/aromatic N) is 1. The van der Waals surface area contributed by atoms with E-state index in [1.807, 2.05) is 0 Å². The highest BCUT2D eigenvalue weighted by Crippen LogP contribution is 2.33. The molecule has 3 nitrogen and oxygen atoms in total. The summed E-state index contributed by atoms with van der Waals surface area (Å²) < 4.78 is 6.37. The zero-order chi connectivity index (χ0) is 10.1. The lowest BCUT2D eigenvalue weighted by Gasteiger charge is -2.07. The third kappa shape index (κ3) is 1.77. The van der Waals surface area contributed by atoms with E-state index in [9.17, 15) is 4.79 Å². The summed E-state index contributed by atoms with van der Waals surface area (Å²) in [6.45, 7) is 2.10. The van der Waals surface area contributed by atoms with E-state index in [4.69, 9.17) is 4.42 Å². The monoisotopic (exact) mass is 257 g/mol. The van der Waals surface area contributed by atoms with Gasteiger partial charge in [-0.3, -0.25) is 4.79 Å². The molecule has 0 radical (unpaired) electrons. The number of aldehydes is 1. The third-order valence-electron chi connectivity index (χ3n) is 2.61. The Bertz CT molecular complexity index is 348. The second-order valence-corrected chi connectivity index (χ2v) is 4.58.